The second-order valence-electron chi connectivity index (χ2n) is 7.66. The van der Waals surface area contributed by atoms with Gasteiger partial charge in [0.2, 0.25) is 0 Å². The van der Waals surface area contributed by atoms with E-state index in [-0.39, 0.29) is 17.3 Å². The second-order valence-corrected chi connectivity index (χ2v) is 7.66. The van der Waals surface area contributed by atoms with Crippen LogP contribution in [-0.2, 0) is 0 Å². The Bertz CT molecular complexity index is 1030. The predicted octanol–water partition coefficient (Wildman–Crippen LogP) is 5.19. The van der Waals surface area contributed by atoms with Crippen molar-refractivity contribution in [3.63, 3.8) is 0 Å². The van der Waals surface area contributed by atoms with Crippen molar-refractivity contribution >= 4 is 17.4 Å². The number of ether oxygens (including phenoxy) is 2. The molecule has 0 saturated heterocycles. The SMILES string of the molecule is Cc1ccc(C(=O)Nc2cccc(Oc3cccc(OC(C)(C)C)c3)c2)c(N)n1. The van der Waals surface area contributed by atoms with Crippen LogP contribution in [0.3, 0.4) is 0 Å². The van der Waals surface area contributed by atoms with E-state index >= 15 is 0 Å². The molecule has 150 valence electrons. The average molecular weight is 391 g/mol. The maximum Gasteiger partial charge on any atom is 0.259 e. The first kappa shape index (κ1) is 20.2. The lowest BCUT2D eigenvalue weighted by Gasteiger charge is -2.21. The molecule has 6 nitrogen and oxygen atoms in total. The van der Waals surface area contributed by atoms with Crippen LogP contribution in [0, 0.1) is 6.92 Å². The first-order chi connectivity index (χ1) is 13.7. The molecule has 0 atom stereocenters. The molecule has 3 N–H and O–H groups in total. The van der Waals surface area contributed by atoms with E-state index in [2.05, 4.69) is 10.3 Å². The molecule has 0 aliphatic carbocycles. The third kappa shape index (κ3) is 5.72. The fourth-order valence-electron chi connectivity index (χ4n) is 2.70. The van der Waals surface area contributed by atoms with Crippen molar-refractivity contribution in [2.75, 3.05) is 11.1 Å². The number of nitrogens with two attached hydrogens (primary N) is 1. The van der Waals surface area contributed by atoms with E-state index in [0.29, 0.717) is 22.7 Å². The third-order valence-electron chi connectivity index (χ3n) is 3.87. The van der Waals surface area contributed by atoms with Crippen molar-refractivity contribution in [2.24, 2.45) is 0 Å². The number of carbonyl (C=O) groups excluding carboxylic acids is 1. The zero-order valence-corrected chi connectivity index (χ0v) is 17.0. The number of nitrogen functional groups attached to an aromatic ring is 1. The molecule has 1 amide bonds. The summed E-state index contributed by atoms with van der Waals surface area (Å²) in [5.74, 6) is 1.83. The van der Waals surface area contributed by atoms with E-state index in [1.54, 1.807) is 30.3 Å². The largest absolute Gasteiger partial charge is 0.488 e. The molecule has 0 bridgehead atoms. The zero-order chi connectivity index (χ0) is 21.0. The first-order valence-electron chi connectivity index (χ1n) is 9.31. The molecular weight excluding hydrogens is 366 g/mol. The van der Waals surface area contributed by atoms with E-state index in [0.717, 1.165) is 11.4 Å². The van der Waals surface area contributed by atoms with Crippen molar-refractivity contribution < 1.29 is 14.3 Å². The maximum absolute atomic E-state index is 12.5. The van der Waals surface area contributed by atoms with Gasteiger partial charge >= 0.3 is 0 Å². The number of aryl methyl sites for hydroxylation is 1. The van der Waals surface area contributed by atoms with Gasteiger partial charge in [-0.05, 0) is 64.1 Å². The van der Waals surface area contributed by atoms with Crippen LogP contribution in [0.5, 0.6) is 17.2 Å². The molecule has 2 aromatic carbocycles. The third-order valence-corrected chi connectivity index (χ3v) is 3.87. The summed E-state index contributed by atoms with van der Waals surface area (Å²) in [4.78, 5) is 16.6. The van der Waals surface area contributed by atoms with E-state index in [1.165, 1.54) is 0 Å². The minimum atomic E-state index is -0.326. The molecule has 0 aliphatic rings. The zero-order valence-electron chi connectivity index (χ0n) is 17.0. The van der Waals surface area contributed by atoms with Crippen LogP contribution in [0.2, 0.25) is 0 Å². The quantitative estimate of drug-likeness (QED) is 0.625. The molecule has 0 saturated carbocycles. The molecule has 0 unspecified atom stereocenters. The number of benzene rings is 2. The molecule has 0 fully saturated rings. The van der Waals surface area contributed by atoms with Gasteiger partial charge in [0, 0.05) is 23.5 Å². The lowest BCUT2D eigenvalue weighted by molar-refractivity contribution is 0.102. The average Bonchev–Trinajstić information content (AvgIpc) is 2.60. The van der Waals surface area contributed by atoms with Crippen molar-refractivity contribution in [1.82, 2.24) is 4.98 Å². The Balaban J connectivity index is 1.73. The van der Waals surface area contributed by atoms with Gasteiger partial charge in [0.15, 0.2) is 0 Å². The van der Waals surface area contributed by atoms with E-state index < -0.39 is 0 Å². The predicted molar refractivity (Wildman–Crippen MR) is 115 cm³/mol. The topological polar surface area (TPSA) is 86.5 Å². The van der Waals surface area contributed by atoms with Crippen LogP contribution in [-0.4, -0.2) is 16.5 Å². The molecule has 1 aromatic heterocycles. The summed E-state index contributed by atoms with van der Waals surface area (Å²) in [5.41, 5.74) is 7.24. The minimum Gasteiger partial charge on any atom is -0.488 e. The number of carbonyl (C=O) groups is 1. The van der Waals surface area contributed by atoms with E-state index in [9.17, 15) is 4.79 Å². The van der Waals surface area contributed by atoms with Gasteiger partial charge in [0.1, 0.15) is 28.7 Å². The maximum atomic E-state index is 12.5. The van der Waals surface area contributed by atoms with E-state index in [4.69, 9.17) is 15.2 Å². The highest BCUT2D eigenvalue weighted by atomic mass is 16.5. The first-order valence-corrected chi connectivity index (χ1v) is 9.31. The minimum absolute atomic E-state index is 0.200. The summed E-state index contributed by atoms with van der Waals surface area (Å²) >= 11 is 0. The number of pyridine rings is 1. The highest BCUT2D eigenvalue weighted by molar-refractivity contribution is 6.07. The Labute approximate surface area is 170 Å². The number of aromatic nitrogens is 1. The van der Waals surface area contributed by atoms with Gasteiger partial charge in [-0.1, -0.05) is 12.1 Å². The highest BCUT2D eigenvalue weighted by Crippen LogP contribution is 2.28. The fraction of sp³-hybridized carbons (Fsp3) is 0.217. The second kappa shape index (κ2) is 8.22. The molecule has 1 heterocycles. The van der Waals surface area contributed by atoms with Crippen LogP contribution >= 0.6 is 0 Å². The van der Waals surface area contributed by atoms with Gasteiger partial charge in [0.05, 0.1) is 5.56 Å². The fourth-order valence-corrected chi connectivity index (χ4v) is 2.70. The van der Waals surface area contributed by atoms with Crippen molar-refractivity contribution in [3.8, 4) is 17.2 Å². The van der Waals surface area contributed by atoms with Gasteiger partial charge in [0.25, 0.3) is 5.91 Å². The molecule has 0 aliphatic heterocycles. The Morgan fingerprint density at radius 2 is 1.62 bits per heavy atom. The van der Waals surface area contributed by atoms with Gasteiger partial charge < -0.3 is 20.5 Å². The molecule has 29 heavy (non-hydrogen) atoms. The molecule has 6 heteroatoms. The van der Waals surface area contributed by atoms with E-state index in [1.807, 2.05) is 58.0 Å². The number of amides is 1. The number of hydrogen-bond acceptors (Lipinski definition) is 5. The lowest BCUT2D eigenvalue weighted by atomic mass is 10.2. The van der Waals surface area contributed by atoms with Crippen LogP contribution in [0.1, 0.15) is 36.8 Å². The summed E-state index contributed by atoms with van der Waals surface area (Å²) < 4.78 is 11.8. The number of anilines is 2. The Hall–Kier alpha value is -3.54. The lowest BCUT2D eigenvalue weighted by Crippen LogP contribution is -2.22. The Kier molecular flexibility index (Phi) is 5.73. The Morgan fingerprint density at radius 3 is 2.31 bits per heavy atom. The summed E-state index contributed by atoms with van der Waals surface area (Å²) in [6.07, 6.45) is 0. The molecule has 3 aromatic rings. The number of nitrogens with one attached hydrogen (secondary N) is 1. The summed E-state index contributed by atoms with van der Waals surface area (Å²) in [6, 6.07) is 18.0. The van der Waals surface area contributed by atoms with Gasteiger partial charge in [-0.15, -0.1) is 0 Å². The van der Waals surface area contributed by atoms with Crippen molar-refractivity contribution in [3.05, 3.63) is 71.9 Å². The monoisotopic (exact) mass is 391 g/mol. The number of nitrogens with zero attached hydrogens (tertiary/aromatic N) is 1. The van der Waals surface area contributed by atoms with Crippen LogP contribution in [0.25, 0.3) is 0 Å². The summed E-state index contributed by atoms with van der Waals surface area (Å²) in [5, 5.41) is 2.82. The smallest absolute Gasteiger partial charge is 0.259 e. The molecule has 0 spiro atoms. The standard InChI is InChI=1S/C23H25N3O3/c1-15-11-12-20(21(24)25-15)22(27)26-16-7-5-8-17(13-16)28-18-9-6-10-19(14-18)29-23(2,3)4/h5-14H,1-4H3,(H2,24,25)(H,26,27). The molecule has 3 rings (SSSR count). The molecule has 0 radical (unpaired) electrons. The van der Waals surface area contributed by atoms with Gasteiger partial charge in [-0.25, -0.2) is 4.98 Å². The normalized spacial score (nSPS) is 11.0. The van der Waals surface area contributed by atoms with Crippen molar-refractivity contribution in [1.29, 1.82) is 0 Å². The van der Waals surface area contributed by atoms with Crippen LogP contribution < -0.4 is 20.5 Å². The number of rotatable bonds is 5. The van der Waals surface area contributed by atoms with Crippen LogP contribution in [0.15, 0.2) is 60.7 Å². The van der Waals surface area contributed by atoms with Crippen LogP contribution in [0.4, 0.5) is 11.5 Å². The highest BCUT2D eigenvalue weighted by Gasteiger charge is 2.13. The molecular formula is C23H25N3O3. The van der Waals surface area contributed by atoms with Crippen molar-refractivity contribution in [2.45, 2.75) is 33.3 Å². The van der Waals surface area contributed by atoms with Gasteiger partial charge in [-0.3, -0.25) is 4.79 Å². The summed E-state index contributed by atoms with van der Waals surface area (Å²) in [6.45, 7) is 7.79. The summed E-state index contributed by atoms with van der Waals surface area (Å²) in [7, 11) is 0. The number of hydrogen-bond donors (Lipinski definition) is 2. The Morgan fingerprint density at radius 1 is 0.966 bits per heavy atom. The van der Waals surface area contributed by atoms with Gasteiger partial charge in [-0.2, -0.15) is 0 Å².